The van der Waals surface area contributed by atoms with E-state index in [1.54, 1.807) is 13.0 Å². The van der Waals surface area contributed by atoms with Gasteiger partial charge in [0.05, 0.1) is 16.4 Å². The average molecular weight is 333 g/mol. The summed E-state index contributed by atoms with van der Waals surface area (Å²) in [6.45, 7) is 3.71. The number of aryl methyl sites for hydroxylation is 2. The number of nitrogens with one attached hydrogen (secondary N) is 1. The van der Waals surface area contributed by atoms with Crippen molar-refractivity contribution in [1.82, 2.24) is 4.72 Å². The van der Waals surface area contributed by atoms with Crippen LogP contribution < -0.4 is 4.72 Å². The summed E-state index contributed by atoms with van der Waals surface area (Å²) in [4.78, 5) is 12.8. The monoisotopic (exact) mass is 333 g/mol. The van der Waals surface area contributed by atoms with Crippen LogP contribution in [-0.4, -0.2) is 38.7 Å². The first kappa shape index (κ1) is 16.4. The van der Waals surface area contributed by atoms with Crippen molar-refractivity contribution < 1.29 is 23.1 Å². The van der Waals surface area contributed by atoms with Gasteiger partial charge in [-0.3, -0.25) is 4.79 Å². The molecule has 1 aliphatic carbocycles. The Bertz CT molecular complexity index is 644. The Morgan fingerprint density at radius 3 is 2.57 bits per heavy atom. The third kappa shape index (κ3) is 3.28. The normalized spacial score (nSPS) is 25.6. The van der Waals surface area contributed by atoms with Crippen molar-refractivity contribution in [2.45, 2.75) is 37.2 Å². The van der Waals surface area contributed by atoms with Gasteiger partial charge >= 0.3 is 5.97 Å². The van der Waals surface area contributed by atoms with Gasteiger partial charge in [0.25, 0.3) is 0 Å². The Morgan fingerprint density at radius 1 is 1.52 bits per heavy atom. The van der Waals surface area contributed by atoms with Crippen LogP contribution in [0.5, 0.6) is 0 Å². The maximum Gasteiger partial charge on any atom is 0.306 e. The highest BCUT2D eigenvalue weighted by atomic mass is 32.2. The molecular formula is C13H19NO5S2. The SMILES string of the molecule is COC1(CNS(=O)(=O)c2cc(C)sc2C)CC(C(=O)O)C1. The number of carbonyl (C=O) groups is 1. The van der Waals surface area contributed by atoms with Gasteiger partial charge in [-0.05, 0) is 32.8 Å². The largest absolute Gasteiger partial charge is 0.481 e. The van der Waals surface area contributed by atoms with E-state index in [0.29, 0.717) is 12.8 Å². The number of ether oxygens (including phenoxy) is 1. The van der Waals surface area contributed by atoms with Crippen LogP contribution in [0.25, 0.3) is 0 Å². The lowest BCUT2D eigenvalue weighted by Gasteiger charge is -2.44. The number of thiophene rings is 1. The molecule has 0 aliphatic heterocycles. The molecule has 6 nitrogen and oxygen atoms in total. The molecule has 0 saturated heterocycles. The third-order valence-electron chi connectivity index (χ3n) is 3.89. The molecule has 1 aromatic rings. The minimum Gasteiger partial charge on any atom is -0.481 e. The third-order valence-corrected chi connectivity index (χ3v) is 6.51. The van der Waals surface area contributed by atoms with Gasteiger partial charge in [-0.15, -0.1) is 11.3 Å². The van der Waals surface area contributed by atoms with Gasteiger partial charge < -0.3 is 9.84 Å². The summed E-state index contributed by atoms with van der Waals surface area (Å²) in [7, 11) is -2.12. The van der Waals surface area contributed by atoms with Gasteiger partial charge in [-0.1, -0.05) is 0 Å². The van der Waals surface area contributed by atoms with Crippen molar-refractivity contribution >= 4 is 27.3 Å². The highest BCUT2D eigenvalue weighted by molar-refractivity contribution is 7.89. The predicted octanol–water partition coefficient (Wildman–Crippen LogP) is 1.52. The zero-order chi connectivity index (χ0) is 15.8. The van der Waals surface area contributed by atoms with Gasteiger partial charge in [0.2, 0.25) is 10.0 Å². The number of methoxy groups -OCH3 is 1. The standard InChI is InChI=1S/C13H19NO5S2/c1-8-4-11(9(2)20-8)21(17,18)14-7-13(19-3)5-10(6-13)12(15)16/h4,10,14H,5-7H2,1-3H3,(H,15,16). The molecule has 2 N–H and O–H groups in total. The highest BCUT2D eigenvalue weighted by Gasteiger charge is 2.48. The molecule has 0 unspecified atom stereocenters. The number of rotatable bonds is 6. The van der Waals surface area contributed by atoms with Crippen molar-refractivity contribution in [3.05, 3.63) is 15.8 Å². The summed E-state index contributed by atoms with van der Waals surface area (Å²) in [5, 5.41) is 8.91. The fraction of sp³-hybridized carbons (Fsp3) is 0.615. The summed E-state index contributed by atoms with van der Waals surface area (Å²) in [6.07, 6.45) is 0.645. The van der Waals surface area contributed by atoms with E-state index >= 15 is 0 Å². The molecule has 0 aromatic carbocycles. The molecule has 2 rings (SSSR count). The van der Waals surface area contributed by atoms with E-state index in [1.165, 1.54) is 18.4 Å². The molecule has 1 saturated carbocycles. The first-order valence-corrected chi connectivity index (χ1v) is 8.84. The quantitative estimate of drug-likeness (QED) is 0.823. The summed E-state index contributed by atoms with van der Waals surface area (Å²) in [5.41, 5.74) is -0.713. The maximum atomic E-state index is 12.3. The Balaban J connectivity index is 2.05. The van der Waals surface area contributed by atoms with Crippen molar-refractivity contribution in [1.29, 1.82) is 0 Å². The van der Waals surface area contributed by atoms with Crippen molar-refractivity contribution in [2.75, 3.05) is 13.7 Å². The molecule has 118 valence electrons. The maximum absolute atomic E-state index is 12.3. The number of hydrogen-bond donors (Lipinski definition) is 2. The summed E-state index contributed by atoms with van der Waals surface area (Å²) >= 11 is 1.43. The van der Waals surface area contributed by atoms with E-state index in [0.717, 1.165) is 9.75 Å². The smallest absolute Gasteiger partial charge is 0.306 e. The van der Waals surface area contributed by atoms with Gasteiger partial charge in [0.1, 0.15) is 0 Å². The van der Waals surface area contributed by atoms with Crippen molar-refractivity contribution in [3.63, 3.8) is 0 Å². The fourth-order valence-electron chi connectivity index (χ4n) is 2.57. The van der Waals surface area contributed by atoms with Crippen LogP contribution in [0, 0.1) is 19.8 Å². The zero-order valence-corrected chi connectivity index (χ0v) is 13.8. The number of sulfonamides is 1. The Kier molecular flexibility index (Phi) is 4.44. The molecule has 8 heteroatoms. The van der Waals surface area contributed by atoms with Gasteiger partial charge in [-0.2, -0.15) is 0 Å². The minimum absolute atomic E-state index is 0.0872. The van der Waals surface area contributed by atoms with Gasteiger partial charge in [0, 0.05) is 23.4 Å². The van der Waals surface area contributed by atoms with E-state index in [9.17, 15) is 13.2 Å². The lowest BCUT2D eigenvalue weighted by atomic mass is 9.71. The number of carboxylic acids is 1. The van der Waals surface area contributed by atoms with Crippen molar-refractivity contribution in [3.8, 4) is 0 Å². The first-order valence-electron chi connectivity index (χ1n) is 6.54. The first-order chi connectivity index (χ1) is 9.69. The van der Waals surface area contributed by atoms with E-state index in [4.69, 9.17) is 9.84 Å². The lowest BCUT2D eigenvalue weighted by Crippen LogP contribution is -2.55. The van der Waals surface area contributed by atoms with Gasteiger partial charge in [-0.25, -0.2) is 13.1 Å². The average Bonchev–Trinajstić information content (AvgIpc) is 2.68. The molecule has 1 aromatic heterocycles. The predicted molar refractivity (Wildman–Crippen MR) is 79.1 cm³/mol. The van der Waals surface area contributed by atoms with Crippen LogP contribution in [0.4, 0.5) is 0 Å². The van der Waals surface area contributed by atoms with E-state index < -0.39 is 27.5 Å². The summed E-state index contributed by atoms with van der Waals surface area (Å²) in [6, 6.07) is 1.64. The molecule has 0 bridgehead atoms. The second-order valence-electron chi connectivity index (χ2n) is 5.43. The topological polar surface area (TPSA) is 92.7 Å². The summed E-state index contributed by atoms with van der Waals surface area (Å²) < 4.78 is 32.5. The molecule has 0 radical (unpaired) electrons. The van der Waals surface area contributed by atoms with Crippen LogP contribution >= 0.6 is 11.3 Å². The van der Waals surface area contributed by atoms with Crippen LogP contribution in [0.2, 0.25) is 0 Å². The Morgan fingerprint density at radius 2 is 2.14 bits per heavy atom. The summed E-state index contributed by atoms with van der Waals surface area (Å²) in [5.74, 6) is -1.32. The lowest BCUT2D eigenvalue weighted by molar-refractivity contribution is -0.161. The molecule has 1 heterocycles. The van der Waals surface area contributed by atoms with Crippen LogP contribution in [0.1, 0.15) is 22.6 Å². The highest BCUT2D eigenvalue weighted by Crippen LogP contribution is 2.40. The number of aliphatic carboxylic acids is 1. The van der Waals surface area contributed by atoms with Crippen LogP contribution in [0.3, 0.4) is 0 Å². The molecule has 1 aliphatic rings. The Labute approximate surface area is 128 Å². The number of hydrogen-bond acceptors (Lipinski definition) is 5. The second-order valence-corrected chi connectivity index (χ2v) is 8.63. The van der Waals surface area contributed by atoms with E-state index in [-0.39, 0.29) is 11.4 Å². The Hall–Kier alpha value is -0.960. The van der Waals surface area contributed by atoms with Crippen LogP contribution in [-0.2, 0) is 19.6 Å². The second kappa shape index (κ2) is 5.68. The molecule has 0 atom stereocenters. The molecule has 0 amide bonds. The molecular weight excluding hydrogens is 314 g/mol. The van der Waals surface area contributed by atoms with E-state index in [1.807, 2.05) is 6.92 Å². The molecule has 0 spiro atoms. The fourth-order valence-corrected chi connectivity index (χ4v) is 5.24. The van der Waals surface area contributed by atoms with E-state index in [2.05, 4.69) is 4.72 Å². The number of carboxylic acid groups (broad SMARTS) is 1. The van der Waals surface area contributed by atoms with Gasteiger partial charge in [0.15, 0.2) is 0 Å². The minimum atomic E-state index is -3.59. The zero-order valence-electron chi connectivity index (χ0n) is 12.2. The van der Waals surface area contributed by atoms with Crippen LogP contribution in [0.15, 0.2) is 11.0 Å². The molecule has 21 heavy (non-hydrogen) atoms. The molecule has 1 fully saturated rings. The van der Waals surface area contributed by atoms with Crippen molar-refractivity contribution in [2.24, 2.45) is 5.92 Å².